The normalized spacial score (nSPS) is 19.2. The lowest BCUT2D eigenvalue weighted by Gasteiger charge is -2.28. The van der Waals surface area contributed by atoms with Crippen LogP contribution < -0.4 is 14.4 Å². The smallest absolute Gasteiger partial charge is 0.295 e. The SMILES string of the molecule is COc1cccc(C2/C(=C(/O)c3ccc4c(c3)N(C)CCO4)C(=O)C(=O)N2Cc2cccs2)c1. The van der Waals surface area contributed by atoms with Gasteiger partial charge in [0.05, 0.1) is 37.5 Å². The summed E-state index contributed by atoms with van der Waals surface area (Å²) < 4.78 is 11.1. The summed E-state index contributed by atoms with van der Waals surface area (Å²) in [7, 11) is 3.51. The lowest BCUT2D eigenvalue weighted by Crippen LogP contribution is -2.29. The van der Waals surface area contributed by atoms with Gasteiger partial charge >= 0.3 is 0 Å². The molecule has 7 nitrogen and oxygen atoms in total. The molecule has 2 aliphatic heterocycles. The third kappa shape index (κ3) is 3.80. The van der Waals surface area contributed by atoms with Gasteiger partial charge in [-0.3, -0.25) is 9.59 Å². The number of likely N-dealkylation sites (N-methyl/N-ethyl adjacent to an activating group) is 1. The van der Waals surface area contributed by atoms with Crippen molar-refractivity contribution in [3.8, 4) is 11.5 Å². The first-order valence-corrected chi connectivity index (χ1v) is 11.8. The highest BCUT2D eigenvalue weighted by Crippen LogP contribution is 2.42. The molecule has 1 amide bonds. The minimum absolute atomic E-state index is 0.0640. The van der Waals surface area contributed by atoms with E-state index in [4.69, 9.17) is 9.47 Å². The zero-order chi connectivity index (χ0) is 23.8. The highest BCUT2D eigenvalue weighted by molar-refractivity contribution is 7.09. The van der Waals surface area contributed by atoms with E-state index >= 15 is 0 Å². The number of rotatable bonds is 5. The van der Waals surface area contributed by atoms with Crippen molar-refractivity contribution >= 4 is 34.5 Å². The van der Waals surface area contributed by atoms with Crippen LogP contribution >= 0.6 is 11.3 Å². The van der Waals surface area contributed by atoms with Crippen LogP contribution in [-0.2, 0) is 16.1 Å². The van der Waals surface area contributed by atoms with Crippen molar-refractivity contribution in [3.05, 3.63) is 81.6 Å². The molecule has 0 radical (unpaired) electrons. The summed E-state index contributed by atoms with van der Waals surface area (Å²) in [5.41, 5.74) is 2.03. The number of ether oxygens (including phenoxy) is 2. The van der Waals surface area contributed by atoms with Crippen molar-refractivity contribution in [3.63, 3.8) is 0 Å². The summed E-state index contributed by atoms with van der Waals surface area (Å²) in [5, 5.41) is 13.3. The number of amides is 1. The number of aliphatic hydroxyl groups is 1. The molecule has 5 rings (SSSR count). The number of likely N-dealkylation sites (tertiary alicyclic amines) is 1. The predicted molar refractivity (Wildman–Crippen MR) is 130 cm³/mol. The Bertz CT molecular complexity index is 1280. The Morgan fingerprint density at radius 2 is 2.03 bits per heavy atom. The lowest BCUT2D eigenvalue weighted by atomic mass is 9.94. The molecule has 1 fully saturated rings. The minimum Gasteiger partial charge on any atom is -0.507 e. The van der Waals surface area contributed by atoms with Crippen molar-refractivity contribution in [2.45, 2.75) is 12.6 Å². The van der Waals surface area contributed by atoms with Gasteiger partial charge < -0.3 is 24.4 Å². The predicted octanol–water partition coefficient (Wildman–Crippen LogP) is 4.21. The molecular formula is C26H24N2O5S. The molecule has 1 atom stereocenters. The first kappa shape index (κ1) is 22.0. The number of methoxy groups -OCH3 is 1. The van der Waals surface area contributed by atoms with Crippen LogP contribution in [0.25, 0.3) is 5.76 Å². The summed E-state index contributed by atoms with van der Waals surface area (Å²) in [4.78, 5) is 31.0. The fourth-order valence-electron chi connectivity index (χ4n) is 4.43. The average molecular weight is 477 g/mol. The van der Waals surface area contributed by atoms with Crippen molar-refractivity contribution in [2.24, 2.45) is 0 Å². The number of aliphatic hydroxyl groups excluding tert-OH is 1. The standard InChI is InChI=1S/C26H24N2O5S/c1-27-10-11-33-21-9-8-17(14-20(21)27)24(29)22-23(16-5-3-6-18(13-16)32-2)28(26(31)25(22)30)15-19-7-4-12-34-19/h3-9,12-14,23,29H,10-11,15H2,1-2H3/b24-22-. The summed E-state index contributed by atoms with van der Waals surface area (Å²) in [6.45, 7) is 1.56. The van der Waals surface area contributed by atoms with Crippen LogP contribution in [0.1, 0.15) is 22.0 Å². The van der Waals surface area contributed by atoms with Gasteiger partial charge in [0.15, 0.2) is 0 Å². The molecule has 0 spiro atoms. The third-order valence-electron chi connectivity index (χ3n) is 6.18. The zero-order valence-corrected chi connectivity index (χ0v) is 19.7. The van der Waals surface area contributed by atoms with Gasteiger partial charge in [-0.2, -0.15) is 0 Å². The summed E-state index contributed by atoms with van der Waals surface area (Å²) in [6.07, 6.45) is 0. The molecule has 8 heteroatoms. The van der Waals surface area contributed by atoms with Gasteiger partial charge in [-0.05, 0) is 47.3 Å². The molecule has 0 aliphatic carbocycles. The number of benzene rings is 2. The minimum atomic E-state index is -0.748. The molecule has 34 heavy (non-hydrogen) atoms. The highest BCUT2D eigenvalue weighted by Gasteiger charge is 2.46. The Balaban J connectivity index is 1.65. The Morgan fingerprint density at radius 3 is 2.79 bits per heavy atom. The number of carbonyl (C=O) groups is 2. The second kappa shape index (κ2) is 8.87. The second-order valence-corrected chi connectivity index (χ2v) is 9.27. The number of Topliss-reactive ketones (excluding diaryl/α,β-unsaturated/α-hetero) is 1. The zero-order valence-electron chi connectivity index (χ0n) is 18.9. The summed E-state index contributed by atoms with van der Waals surface area (Å²) in [5.74, 6) is -0.230. The van der Waals surface area contributed by atoms with Crippen molar-refractivity contribution in [1.29, 1.82) is 0 Å². The number of thiophene rings is 1. The molecule has 174 valence electrons. The van der Waals surface area contributed by atoms with Crippen molar-refractivity contribution in [2.75, 3.05) is 32.2 Å². The van der Waals surface area contributed by atoms with Gasteiger partial charge in [0.25, 0.3) is 11.7 Å². The maximum Gasteiger partial charge on any atom is 0.295 e. The van der Waals surface area contributed by atoms with Crippen LogP contribution in [0.5, 0.6) is 11.5 Å². The Hall–Kier alpha value is -3.78. The molecule has 1 N–H and O–H groups in total. The van der Waals surface area contributed by atoms with Gasteiger partial charge in [0.1, 0.15) is 23.9 Å². The van der Waals surface area contributed by atoms with Crippen LogP contribution in [-0.4, -0.2) is 49.0 Å². The van der Waals surface area contributed by atoms with Crippen molar-refractivity contribution in [1.82, 2.24) is 4.90 Å². The lowest BCUT2D eigenvalue weighted by molar-refractivity contribution is -0.140. The average Bonchev–Trinajstić information content (AvgIpc) is 3.46. The topological polar surface area (TPSA) is 79.3 Å². The highest BCUT2D eigenvalue weighted by atomic mass is 32.1. The number of fused-ring (bicyclic) bond motifs is 1. The molecular weight excluding hydrogens is 452 g/mol. The van der Waals surface area contributed by atoms with Gasteiger partial charge in [0, 0.05) is 17.5 Å². The van der Waals surface area contributed by atoms with Crippen LogP contribution in [0.4, 0.5) is 5.69 Å². The molecule has 1 unspecified atom stereocenters. The first-order valence-electron chi connectivity index (χ1n) is 10.9. The van der Waals surface area contributed by atoms with Gasteiger partial charge in [0.2, 0.25) is 0 Å². The van der Waals surface area contributed by atoms with E-state index in [1.165, 1.54) is 16.2 Å². The quantitative estimate of drug-likeness (QED) is 0.338. The molecule has 3 aromatic rings. The Labute approximate surface area is 201 Å². The van der Waals surface area contributed by atoms with E-state index in [0.29, 0.717) is 35.8 Å². The Morgan fingerprint density at radius 1 is 1.18 bits per heavy atom. The number of hydrogen-bond donors (Lipinski definition) is 1. The Kier molecular flexibility index (Phi) is 5.75. The molecule has 2 aromatic carbocycles. The van der Waals surface area contributed by atoms with Crippen molar-refractivity contribution < 1.29 is 24.2 Å². The van der Waals surface area contributed by atoms with Gasteiger partial charge in [-0.15, -0.1) is 11.3 Å². The molecule has 2 aliphatic rings. The van der Waals surface area contributed by atoms with Crippen LogP contribution in [0, 0.1) is 0 Å². The number of hydrogen-bond acceptors (Lipinski definition) is 7. The number of anilines is 1. The number of carbonyl (C=O) groups excluding carboxylic acids is 2. The second-order valence-electron chi connectivity index (χ2n) is 8.24. The van der Waals surface area contributed by atoms with Gasteiger partial charge in [-0.1, -0.05) is 18.2 Å². The van der Waals surface area contributed by atoms with E-state index in [-0.39, 0.29) is 17.9 Å². The van der Waals surface area contributed by atoms with E-state index in [1.807, 2.05) is 41.6 Å². The van der Waals surface area contributed by atoms with Crippen LogP contribution in [0.3, 0.4) is 0 Å². The van der Waals surface area contributed by atoms with E-state index in [2.05, 4.69) is 0 Å². The first-order chi connectivity index (χ1) is 16.5. The fourth-order valence-corrected chi connectivity index (χ4v) is 5.13. The number of ketones is 1. The van der Waals surface area contributed by atoms with Crippen LogP contribution in [0.15, 0.2) is 65.6 Å². The molecule has 1 aromatic heterocycles. The van der Waals surface area contributed by atoms with E-state index in [9.17, 15) is 14.7 Å². The van der Waals surface area contributed by atoms with Gasteiger partial charge in [-0.25, -0.2) is 0 Å². The molecule has 1 saturated heterocycles. The van der Waals surface area contributed by atoms with Crippen LogP contribution in [0.2, 0.25) is 0 Å². The molecule has 0 bridgehead atoms. The molecule has 3 heterocycles. The van der Waals surface area contributed by atoms with E-state index < -0.39 is 17.7 Å². The monoisotopic (exact) mass is 476 g/mol. The molecule has 0 saturated carbocycles. The summed E-state index contributed by atoms with van der Waals surface area (Å²) >= 11 is 1.51. The van der Waals surface area contributed by atoms with E-state index in [1.54, 1.807) is 37.4 Å². The summed E-state index contributed by atoms with van der Waals surface area (Å²) in [6, 6.07) is 15.6. The van der Waals surface area contributed by atoms with E-state index in [0.717, 1.165) is 10.6 Å². The number of nitrogens with zero attached hydrogens (tertiary/aromatic N) is 2. The fraction of sp³-hybridized carbons (Fsp3) is 0.231. The maximum absolute atomic E-state index is 13.3. The largest absolute Gasteiger partial charge is 0.507 e. The maximum atomic E-state index is 13.3. The third-order valence-corrected chi connectivity index (χ3v) is 7.04.